The molecular formula is C16H22N4O. The Morgan fingerprint density at radius 3 is 3.00 bits per heavy atom. The number of benzene rings is 1. The van der Waals surface area contributed by atoms with E-state index in [0.29, 0.717) is 18.2 Å². The van der Waals surface area contributed by atoms with Crippen LogP contribution in [0.3, 0.4) is 0 Å². The molecule has 2 aromatic rings. The predicted molar refractivity (Wildman–Crippen MR) is 83.1 cm³/mol. The molecule has 0 spiro atoms. The minimum atomic E-state index is 0.655. The lowest BCUT2D eigenvalue weighted by molar-refractivity contribution is 0.319. The molecule has 5 heteroatoms. The van der Waals surface area contributed by atoms with Crippen LogP contribution in [0.4, 0.5) is 5.69 Å². The summed E-state index contributed by atoms with van der Waals surface area (Å²) in [4.78, 5) is 0. The fraction of sp³-hybridized carbons (Fsp3) is 0.500. The highest BCUT2D eigenvalue weighted by Gasteiger charge is 2.21. The number of nitrogen functional groups attached to an aromatic ring is 1. The minimum absolute atomic E-state index is 0.655. The van der Waals surface area contributed by atoms with Crippen molar-refractivity contribution in [1.29, 1.82) is 0 Å². The molecule has 0 radical (unpaired) electrons. The average Bonchev–Trinajstić information content (AvgIpc) is 2.89. The zero-order valence-electron chi connectivity index (χ0n) is 12.7. The molecule has 1 unspecified atom stereocenters. The first-order valence-electron chi connectivity index (χ1n) is 7.63. The molecule has 5 nitrogen and oxygen atoms in total. The molecule has 0 saturated heterocycles. The Bertz CT molecular complexity index is 635. The van der Waals surface area contributed by atoms with Gasteiger partial charge >= 0.3 is 0 Å². The Balaban J connectivity index is 1.91. The van der Waals surface area contributed by atoms with E-state index in [1.165, 1.54) is 6.42 Å². The van der Waals surface area contributed by atoms with Crippen LogP contribution >= 0.6 is 0 Å². The van der Waals surface area contributed by atoms with Gasteiger partial charge in [0.15, 0.2) is 5.82 Å². The van der Waals surface area contributed by atoms with Gasteiger partial charge in [-0.2, -0.15) is 0 Å². The highest BCUT2D eigenvalue weighted by atomic mass is 16.5. The summed E-state index contributed by atoms with van der Waals surface area (Å²) >= 11 is 0. The van der Waals surface area contributed by atoms with Gasteiger partial charge in [0.2, 0.25) is 0 Å². The number of rotatable bonds is 4. The standard InChI is InChI=1S/C16H22N4O/c1-3-8-21-14-6-5-12(9-13(14)17)16-19-18-15-7-4-11(2)10-20(15)16/h5-6,9,11H,3-4,7-8,10,17H2,1-2H3. The van der Waals surface area contributed by atoms with E-state index >= 15 is 0 Å². The van der Waals surface area contributed by atoms with Crippen molar-refractivity contribution in [3.63, 3.8) is 0 Å². The highest BCUT2D eigenvalue weighted by molar-refractivity contribution is 5.66. The maximum atomic E-state index is 6.09. The Morgan fingerprint density at radius 1 is 1.38 bits per heavy atom. The molecule has 0 aliphatic carbocycles. The molecule has 1 aliphatic heterocycles. The lowest BCUT2D eigenvalue weighted by atomic mass is 10.0. The van der Waals surface area contributed by atoms with Crippen molar-refractivity contribution < 1.29 is 4.74 Å². The summed E-state index contributed by atoms with van der Waals surface area (Å²) < 4.78 is 7.84. The van der Waals surface area contributed by atoms with E-state index in [1.807, 2.05) is 18.2 Å². The second-order valence-corrected chi connectivity index (χ2v) is 5.80. The summed E-state index contributed by atoms with van der Waals surface area (Å²) in [6.07, 6.45) is 3.15. The van der Waals surface area contributed by atoms with Crippen LogP contribution in [0.25, 0.3) is 11.4 Å². The van der Waals surface area contributed by atoms with Crippen molar-refractivity contribution in [2.24, 2.45) is 5.92 Å². The molecule has 1 aromatic heterocycles. The molecule has 1 atom stereocenters. The van der Waals surface area contributed by atoms with Crippen molar-refractivity contribution >= 4 is 5.69 Å². The van der Waals surface area contributed by atoms with Gasteiger partial charge < -0.3 is 15.0 Å². The maximum absolute atomic E-state index is 6.09. The largest absolute Gasteiger partial charge is 0.491 e. The number of nitrogens with two attached hydrogens (primary N) is 1. The first-order chi connectivity index (χ1) is 10.2. The van der Waals surface area contributed by atoms with E-state index in [-0.39, 0.29) is 0 Å². The third-order valence-corrected chi connectivity index (χ3v) is 3.91. The number of aryl methyl sites for hydroxylation is 1. The van der Waals surface area contributed by atoms with E-state index in [9.17, 15) is 0 Å². The van der Waals surface area contributed by atoms with Crippen LogP contribution in [-0.2, 0) is 13.0 Å². The molecule has 0 saturated carbocycles. The summed E-state index contributed by atoms with van der Waals surface area (Å²) in [6.45, 7) is 6.00. The van der Waals surface area contributed by atoms with Crippen molar-refractivity contribution in [2.75, 3.05) is 12.3 Å². The summed E-state index contributed by atoms with van der Waals surface area (Å²) in [7, 11) is 0. The maximum Gasteiger partial charge on any atom is 0.164 e. The van der Waals surface area contributed by atoms with Crippen LogP contribution in [0.15, 0.2) is 18.2 Å². The van der Waals surface area contributed by atoms with Crippen molar-refractivity contribution in [2.45, 2.75) is 39.7 Å². The molecule has 0 fully saturated rings. The monoisotopic (exact) mass is 286 g/mol. The summed E-state index contributed by atoms with van der Waals surface area (Å²) in [6, 6.07) is 5.87. The van der Waals surface area contributed by atoms with Gasteiger partial charge in [-0.05, 0) is 37.0 Å². The second-order valence-electron chi connectivity index (χ2n) is 5.80. The van der Waals surface area contributed by atoms with E-state index in [1.54, 1.807) is 0 Å². The van der Waals surface area contributed by atoms with Crippen LogP contribution in [0, 0.1) is 5.92 Å². The molecule has 112 valence electrons. The first kappa shape index (κ1) is 13.9. The second kappa shape index (κ2) is 5.76. The van der Waals surface area contributed by atoms with Gasteiger partial charge in [-0.15, -0.1) is 10.2 Å². The number of ether oxygens (including phenoxy) is 1. The number of nitrogens with zero attached hydrogens (tertiary/aromatic N) is 3. The van der Waals surface area contributed by atoms with Crippen molar-refractivity contribution in [1.82, 2.24) is 14.8 Å². The lowest BCUT2D eigenvalue weighted by Crippen LogP contribution is -2.18. The lowest BCUT2D eigenvalue weighted by Gasteiger charge is -2.21. The van der Waals surface area contributed by atoms with Gasteiger partial charge in [0.05, 0.1) is 12.3 Å². The zero-order valence-corrected chi connectivity index (χ0v) is 12.7. The number of aromatic nitrogens is 3. The smallest absolute Gasteiger partial charge is 0.164 e. The van der Waals surface area contributed by atoms with Gasteiger partial charge in [-0.25, -0.2) is 0 Å². The molecule has 0 bridgehead atoms. The molecule has 21 heavy (non-hydrogen) atoms. The fourth-order valence-corrected chi connectivity index (χ4v) is 2.74. The third-order valence-electron chi connectivity index (χ3n) is 3.91. The Hall–Kier alpha value is -2.04. The zero-order chi connectivity index (χ0) is 14.8. The highest BCUT2D eigenvalue weighted by Crippen LogP contribution is 2.30. The SMILES string of the molecule is CCCOc1ccc(-c2nnc3n2CC(C)CC3)cc1N. The van der Waals surface area contributed by atoms with Crippen LogP contribution < -0.4 is 10.5 Å². The van der Waals surface area contributed by atoms with Crippen molar-refractivity contribution in [3.05, 3.63) is 24.0 Å². The third kappa shape index (κ3) is 2.73. The van der Waals surface area contributed by atoms with Gasteiger partial charge in [-0.1, -0.05) is 13.8 Å². The number of hydrogen-bond acceptors (Lipinski definition) is 4. The van der Waals surface area contributed by atoms with Gasteiger partial charge in [-0.3, -0.25) is 0 Å². The summed E-state index contributed by atoms with van der Waals surface area (Å²) in [5.74, 6) is 3.39. The first-order valence-corrected chi connectivity index (χ1v) is 7.63. The topological polar surface area (TPSA) is 66.0 Å². The Morgan fingerprint density at radius 2 is 2.24 bits per heavy atom. The van der Waals surface area contributed by atoms with Crippen LogP contribution in [-0.4, -0.2) is 21.4 Å². The number of hydrogen-bond donors (Lipinski definition) is 1. The number of fused-ring (bicyclic) bond motifs is 1. The normalized spacial score (nSPS) is 17.5. The molecule has 1 aliphatic rings. The molecule has 2 heterocycles. The quantitative estimate of drug-likeness (QED) is 0.878. The van der Waals surface area contributed by atoms with Crippen LogP contribution in [0.5, 0.6) is 5.75 Å². The number of anilines is 1. The molecule has 0 amide bonds. The summed E-state index contributed by atoms with van der Waals surface area (Å²) in [5, 5.41) is 8.66. The minimum Gasteiger partial charge on any atom is -0.491 e. The van der Waals surface area contributed by atoms with Crippen LogP contribution in [0.2, 0.25) is 0 Å². The van der Waals surface area contributed by atoms with E-state index in [2.05, 4.69) is 28.6 Å². The fourth-order valence-electron chi connectivity index (χ4n) is 2.74. The van der Waals surface area contributed by atoms with Crippen LogP contribution in [0.1, 0.15) is 32.5 Å². The van der Waals surface area contributed by atoms with E-state index in [4.69, 9.17) is 10.5 Å². The average molecular weight is 286 g/mol. The van der Waals surface area contributed by atoms with Gasteiger partial charge in [0, 0.05) is 18.5 Å². The predicted octanol–water partition coefficient (Wildman–Crippen LogP) is 2.90. The Labute approximate surface area is 125 Å². The van der Waals surface area contributed by atoms with Gasteiger partial charge in [0.1, 0.15) is 11.6 Å². The molecule has 1 aromatic carbocycles. The molecule has 2 N–H and O–H groups in total. The molecule has 3 rings (SSSR count). The van der Waals surface area contributed by atoms with Gasteiger partial charge in [0.25, 0.3) is 0 Å². The van der Waals surface area contributed by atoms with E-state index in [0.717, 1.165) is 42.3 Å². The van der Waals surface area contributed by atoms with E-state index < -0.39 is 0 Å². The summed E-state index contributed by atoms with van der Waals surface area (Å²) in [5.41, 5.74) is 7.75. The molecular weight excluding hydrogens is 264 g/mol. The van der Waals surface area contributed by atoms with Crippen molar-refractivity contribution in [3.8, 4) is 17.1 Å². The Kier molecular flexibility index (Phi) is 3.82.